The van der Waals surface area contributed by atoms with E-state index in [1.165, 1.54) is 36.4 Å². The van der Waals surface area contributed by atoms with Crippen molar-refractivity contribution in [3.8, 4) is 11.5 Å². The first kappa shape index (κ1) is 36.8. The summed E-state index contributed by atoms with van der Waals surface area (Å²) >= 11 is 0. The van der Waals surface area contributed by atoms with Gasteiger partial charge in [0.15, 0.2) is 6.61 Å². The smallest absolute Gasteiger partial charge is 0.345 e. The number of nitrogens with zero attached hydrogens (tertiary/aromatic N) is 1. The van der Waals surface area contributed by atoms with Gasteiger partial charge in [0.25, 0.3) is 11.8 Å². The lowest BCUT2D eigenvalue weighted by molar-refractivity contribution is -0.155. The Bertz CT molecular complexity index is 2160. The average molecular weight is 721 g/mol. The number of likely N-dealkylation sites (tertiary alicyclic amines) is 1. The maximum Gasteiger partial charge on any atom is 0.345 e. The van der Waals surface area contributed by atoms with Crippen molar-refractivity contribution >= 4 is 28.7 Å². The highest BCUT2D eigenvalue weighted by molar-refractivity contribution is 5.94. The van der Waals surface area contributed by atoms with Gasteiger partial charge in [-0.3, -0.25) is 14.4 Å². The van der Waals surface area contributed by atoms with Gasteiger partial charge in [-0.2, -0.15) is 0 Å². The van der Waals surface area contributed by atoms with Crippen molar-refractivity contribution in [1.29, 1.82) is 0 Å². The Hall–Kier alpha value is -6.02. The number of aliphatic carboxylic acids is 1. The van der Waals surface area contributed by atoms with Crippen LogP contribution in [0.4, 0.5) is 0 Å². The number of H-pyrrole nitrogens is 1. The van der Waals surface area contributed by atoms with Gasteiger partial charge in [0.05, 0.1) is 11.6 Å². The van der Waals surface area contributed by atoms with Gasteiger partial charge in [-0.05, 0) is 72.5 Å². The first-order valence-corrected chi connectivity index (χ1v) is 17.2. The number of pyridine rings is 1. The molecular weight excluding hydrogens is 680 g/mol. The van der Waals surface area contributed by atoms with Crippen molar-refractivity contribution in [3.05, 3.63) is 141 Å². The van der Waals surface area contributed by atoms with Crippen molar-refractivity contribution in [1.82, 2.24) is 20.5 Å². The van der Waals surface area contributed by atoms with E-state index in [1.807, 2.05) is 12.1 Å². The van der Waals surface area contributed by atoms with Crippen LogP contribution in [0.1, 0.15) is 45.1 Å². The Morgan fingerprint density at radius 3 is 2.45 bits per heavy atom. The number of aromatic hydroxyl groups is 1. The summed E-state index contributed by atoms with van der Waals surface area (Å²) in [4.78, 5) is 53.9. The Labute approximate surface area is 304 Å². The predicted molar refractivity (Wildman–Crippen MR) is 196 cm³/mol. The molecule has 3 atom stereocenters. The SMILES string of the molecule is O=C(N[C@H]1CCN(C(=O)COc2cccc(C(O)(C(=O)O)c3ccccc3)c2)C1)c1ccc(CCNCC(O)c2ccc(O)c3[nH]c(=O)ccc23)cc1. The number of aromatic nitrogens is 1. The maximum absolute atomic E-state index is 13.0. The molecule has 2 unspecified atom stereocenters. The zero-order valence-corrected chi connectivity index (χ0v) is 28.7. The monoisotopic (exact) mass is 720 g/mol. The molecule has 0 aliphatic carbocycles. The van der Waals surface area contributed by atoms with Gasteiger partial charge in [-0.25, -0.2) is 4.79 Å². The predicted octanol–water partition coefficient (Wildman–Crippen LogP) is 2.83. The van der Waals surface area contributed by atoms with E-state index in [4.69, 9.17) is 4.74 Å². The minimum atomic E-state index is -2.30. The fourth-order valence-corrected chi connectivity index (χ4v) is 6.47. The molecule has 0 spiro atoms. The van der Waals surface area contributed by atoms with E-state index in [9.17, 15) is 39.6 Å². The van der Waals surface area contributed by atoms with Gasteiger partial charge in [0.2, 0.25) is 11.2 Å². The third kappa shape index (κ3) is 8.39. The van der Waals surface area contributed by atoms with E-state index in [-0.39, 0.29) is 64.7 Å². The van der Waals surface area contributed by atoms with Crippen LogP contribution in [-0.2, 0) is 21.6 Å². The van der Waals surface area contributed by atoms with Crippen LogP contribution >= 0.6 is 0 Å². The Morgan fingerprint density at radius 1 is 0.943 bits per heavy atom. The van der Waals surface area contributed by atoms with Crippen LogP contribution in [0.25, 0.3) is 10.9 Å². The van der Waals surface area contributed by atoms with Crippen LogP contribution in [-0.4, -0.2) is 86.9 Å². The van der Waals surface area contributed by atoms with Crippen LogP contribution in [0.3, 0.4) is 0 Å². The van der Waals surface area contributed by atoms with Crippen LogP contribution in [0, 0.1) is 0 Å². The molecule has 274 valence electrons. The molecular formula is C40H40N4O9. The van der Waals surface area contributed by atoms with Crippen molar-refractivity contribution in [2.24, 2.45) is 0 Å². The molecule has 0 saturated carbocycles. The number of phenolic OH excluding ortho intramolecular Hbond substituents is 1. The van der Waals surface area contributed by atoms with E-state index in [0.717, 1.165) is 5.56 Å². The summed E-state index contributed by atoms with van der Waals surface area (Å²) in [5.41, 5.74) is -0.0296. The van der Waals surface area contributed by atoms with Gasteiger partial charge in [-0.1, -0.05) is 60.7 Å². The maximum atomic E-state index is 13.0. The number of amides is 2. The molecule has 2 amide bonds. The van der Waals surface area contributed by atoms with Gasteiger partial charge >= 0.3 is 5.97 Å². The zero-order chi connectivity index (χ0) is 37.5. The molecule has 1 saturated heterocycles. The molecule has 1 fully saturated rings. The summed E-state index contributed by atoms with van der Waals surface area (Å²) in [5.74, 6) is -1.82. The highest BCUT2D eigenvalue weighted by Crippen LogP contribution is 2.32. The number of carbonyl (C=O) groups excluding carboxylic acids is 2. The molecule has 0 bridgehead atoms. The fraction of sp³-hybridized carbons (Fsp3) is 0.250. The van der Waals surface area contributed by atoms with E-state index in [1.54, 1.807) is 59.5 Å². The number of phenols is 1. The first-order chi connectivity index (χ1) is 25.5. The second kappa shape index (κ2) is 16.1. The van der Waals surface area contributed by atoms with Crippen LogP contribution in [0.15, 0.2) is 108 Å². The number of carboxylic acids is 1. The van der Waals surface area contributed by atoms with Crippen LogP contribution in [0.5, 0.6) is 11.5 Å². The minimum Gasteiger partial charge on any atom is -0.506 e. The Morgan fingerprint density at radius 2 is 1.70 bits per heavy atom. The van der Waals surface area contributed by atoms with Crippen LogP contribution < -0.4 is 20.9 Å². The summed E-state index contributed by atoms with van der Waals surface area (Å²) < 4.78 is 5.70. The molecule has 1 aromatic heterocycles. The zero-order valence-electron chi connectivity index (χ0n) is 28.7. The van der Waals surface area contributed by atoms with Gasteiger partial charge in [-0.15, -0.1) is 0 Å². The van der Waals surface area contributed by atoms with Crippen LogP contribution in [0.2, 0.25) is 0 Å². The number of hydrogen-bond donors (Lipinski definition) is 7. The second-order valence-corrected chi connectivity index (χ2v) is 12.9. The number of carbonyl (C=O) groups is 3. The van der Waals surface area contributed by atoms with Gasteiger partial charge in [0.1, 0.15) is 11.5 Å². The van der Waals surface area contributed by atoms with Crippen molar-refractivity contribution in [3.63, 3.8) is 0 Å². The van der Waals surface area contributed by atoms with Gasteiger partial charge in [0, 0.05) is 48.3 Å². The number of aliphatic hydroxyl groups is 2. The quantitative estimate of drug-likeness (QED) is 0.0837. The summed E-state index contributed by atoms with van der Waals surface area (Å²) in [5, 5.41) is 48.6. The number of aromatic amines is 1. The number of aliphatic hydroxyl groups excluding tert-OH is 1. The molecule has 6 rings (SSSR count). The molecule has 1 aliphatic rings. The topological polar surface area (TPSA) is 202 Å². The van der Waals surface area contributed by atoms with E-state index in [2.05, 4.69) is 15.6 Å². The number of fused-ring (bicyclic) bond motifs is 1. The summed E-state index contributed by atoms with van der Waals surface area (Å²) in [7, 11) is 0. The normalized spacial score (nSPS) is 15.8. The molecule has 0 radical (unpaired) electrons. The first-order valence-electron chi connectivity index (χ1n) is 17.2. The summed E-state index contributed by atoms with van der Waals surface area (Å²) in [6.45, 7) is 1.27. The third-order valence-corrected chi connectivity index (χ3v) is 9.40. The number of benzene rings is 4. The largest absolute Gasteiger partial charge is 0.506 e. The summed E-state index contributed by atoms with van der Waals surface area (Å²) in [6, 6.07) is 27.0. The van der Waals surface area contributed by atoms with Crippen molar-refractivity contribution < 1.29 is 39.5 Å². The molecule has 1 aliphatic heterocycles. The lowest BCUT2D eigenvalue weighted by atomic mass is 9.86. The lowest BCUT2D eigenvalue weighted by Crippen LogP contribution is -2.39. The number of ether oxygens (including phenoxy) is 1. The fourth-order valence-electron chi connectivity index (χ4n) is 6.47. The lowest BCUT2D eigenvalue weighted by Gasteiger charge is -2.25. The second-order valence-electron chi connectivity index (χ2n) is 12.9. The number of hydrogen-bond acceptors (Lipinski definition) is 9. The minimum absolute atomic E-state index is 0.0681. The molecule has 5 aromatic rings. The highest BCUT2D eigenvalue weighted by atomic mass is 16.5. The standard InChI is InChI=1S/C40H40N4O9/c45-33-15-13-31(32-14-16-35(47)43-37(32)33)34(46)22-41-19-17-25-9-11-26(12-10-25)38(49)42-29-18-20-44(23-29)36(48)24-53-30-8-4-7-28(21-30)40(52,39(50)51)27-5-2-1-3-6-27/h1-16,21,29,34,41,45-46,52H,17-20,22-24H2,(H,42,49)(H,43,47)(H,50,51)/t29-,34?,40?/m0/s1. The Balaban J connectivity index is 0.942. The molecule has 2 heterocycles. The average Bonchev–Trinajstić information content (AvgIpc) is 3.64. The van der Waals surface area contributed by atoms with E-state index in [0.29, 0.717) is 49.0 Å². The molecule has 7 N–H and O–H groups in total. The number of carboxylic acid groups (broad SMARTS) is 1. The third-order valence-electron chi connectivity index (χ3n) is 9.40. The van der Waals surface area contributed by atoms with Crippen molar-refractivity contribution in [2.45, 2.75) is 30.6 Å². The number of nitrogens with one attached hydrogen (secondary N) is 3. The van der Waals surface area contributed by atoms with E-state index < -0.39 is 17.7 Å². The molecule has 13 nitrogen and oxygen atoms in total. The number of rotatable bonds is 14. The molecule has 13 heteroatoms. The highest BCUT2D eigenvalue weighted by Gasteiger charge is 2.40. The van der Waals surface area contributed by atoms with Gasteiger partial charge < -0.3 is 45.7 Å². The molecule has 4 aromatic carbocycles. The molecule has 53 heavy (non-hydrogen) atoms. The summed E-state index contributed by atoms with van der Waals surface area (Å²) in [6.07, 6.45) is 0.357. The van der Waals surface area contributed by atoms with Crippen molar-refractivity contribution in [2.75, 3.05) is 32.8 Å². The van der Waals surface area contributed by atoms with E-state index >= 15 is 0 Å². The Kier molecular flexibility index (Phi) is 11.2.